The SMILES string of the molecule is CC(C)Oc1ccc(N)c(C(=N)c2ccnc(NC(=O)C(C)C)c2)c1.[HH].[HH]. The highest BCUT2D eigenvalue weighted by Crippen LogP contribution is 2.24. The second kappa shape index (κ2) is 7.79. The van der Waals surface area contributed by atoms with Gasteiger partial charge in [0.15, 0.2) is 0 Å². The lowest BCUT2D eigenvalue weighted by molar-refractivity contribution is -0.118. The van der Waals surface area contributed by atoms with Crippen molar-refractivity contribution in [3.05, 3.63) is 47.7 Å². The lowest BCUT2D eigenvalue weighted by Gasteiger charge is -2.14. The van der Waals surface area contributed by atoms with E-state index in [0.717, 1.165) is 0 Å². The largest absolute Gasteiger partial charge is 0.491 e. The summed E-state index contributed by atoms with van der Waals surface area (Å²) in [4.78, 5) is 16.0. The quantitative estimate of drug-likeness (QED) is 0.545. The number of hydrogen-bond donors (Lipinski definition) is 3. The monoisotopic (exact) mass is 344 g/mol. The first-order valence-electron chi connectivity index (χ1n) is 8.20. The molecule has 136 valence electrons. The number of carbonyl (C=O) groups is 1. The number of aromatic nitrogens is 1. The van der Waals surface area contributed by atoms with Crippen LogP contribution in [0.3, 0.4) is 0 Å². The summed E-state index contributed by atoms with van der Waals surface area (Å²) < 4.78 is 5.68. The zero-order chi connectivity index (χ0) is 18.6. The summed E-state index contributed by atoms with van der Waals surface area (Å²) in [5.41, 5.74) is 7.96. The summed E-state index contributed by atoms with van der Waals surface area (Å²) in [7, 11) is 0. The highest BCUT2D eigenvalue weighted by molar-refractivity contribution is 6.14. The number of nitrogen functional groups attached to an aromatic ring is 1. The first kappa shape index (κ1) is 18.4. The fourth-order valence-electron chi connectivity index (χ4n) is 2.18. The molecule has 0 atom stereocenters. The minimum atomic E-state index is -0.148. The van der Waals surface area contributed by atoms with Gasteiger partial charge in [0.05, 0.1) is 11.8 Å². The molecule has 4 N–H and O–H groups in total. The zero-order valence-corrected chi connectivity index (χ0v) is 15.0. The maximum absolute atomic E-state index is 11.8. The van der Waals surface area contributed by atoms with Crippen molar-refractivity contribution in [3.63, 3.8) is 0 Å². The lowest BCUT2D eigenvalue weighted by Crippen LogP contribution is -2.19. The molecule has 25 heavy (non-hydrogen) atoms. The fourth-order valence-corrected chi connectivity index (χ4v) is 2.18. The number of nitrogens with two attached hydrogens (primary N) is 1. The Morgan fingerprint density at radius 2 is 1.96 bits per heavy atom. The number of amides is 1. The first-order valence-corrected chi connectivity index (χ1v) is 8.20. The van der Waals surface area contributed by atoms with E-state index in [0.29, 0.717) is 28.4 Å². The van der Waals surface area contributed by atoms with Gasteiger partial charge in [-0.05, 0) is 44.2 Å². The Bertz CT molecular complexity index is 795. The minimum Gasteiger partial charge on any atom is -0.491 e. The molecule has 0 aliphatic heterocycles. The van der Waals surface area contributed by atoms with E-state index in [4.69, 9.17) is 15.9 Å². The van der Waals surface area contributed by atoms with Crippen LogP contribution in [-0.4, -0.2) is 22.7 Å². The Balaban J connectivity index is 0.00000338. The maximum atomic E-state index is 11.8. The van der Waals surface area contributed by atoms with Gasteiger partial charge in [-0.2, -0.15) is 0 Å². The number of hydrogen-bond acceptors (Lipinski definition) is 5. The number of anilines is 2. The predicted octanol–water partition coefficient (Wildman–Crippen LogP) is 3.95. The van der Waals surface area contributed by atoms with Crippen LogP contribution in [-0.2, 0) is 4.79 Å². The van der Waals surface area contributed by atoms with Crippen molar-refractivity contribution < 1.29 is 12.4 Å². The molecule has 0 bridgehead atoms. The average Bonchev–Trinajstić information content (AvgIpc) is 2.55. The molecule has 0 aliphatic carbocycles. The standard InChI is InChI=1S/C19H24N4O2.2H2/c1-11(2)19(24)23-17-9-13(7-8-22-17)18(21)15-10-14(25-12(3)4)5-6-16(15)20;;/h5-12,21H,20H2,1-4H3,(H,22,23,24);2*1H. The Kier molecular flexibility index (Phi) is 5.75. The van der Waals surface area contributed by atoms with Crippen molar-refractivity contribution in [3.8, 4) is 5.75 Å². The number of pyridine rings is 1. The summed E-state index contributed by atoms with van der Waals surface area (Å²) in [6, 6.07) is 8.64. The lowest BCUT2D eigenvalue weighted by atomic mass is 10.0. The Morgan fingerprint density at radius 1 is 1.24 bits per heavy atom. The first-order chi connectivity index (χ1) is 11.8. The summed E-state index contributed by atoms with van der Waals surface area (Å²) in [5, 5.41) is 11.2. The van der Waals surface area contributed by atoms with E-state index < -0.39 is 0 Å². The zero-order valence-electron chi connectivity index (χ0n) is 15.0. The topological polar surface area (TPSA) is 101 Å². The smallest absolute Gasteiger partial charge is 0.228 e. The Labute approximate surface area is 150 Å². The molecule has 0 aliphatic rings. The molecule has 0 radical (unpaired) electrons. The number of carbonyl (C=O) groups excluding carboxylic acids is 1. The molecule has 1 aromatic heterocycles. The molecule has 1 aromatic carbocycles. The molecule has 0 fully saturated rings. The number of nitrogens with zero attached hydrogens (tertiary/aromatic N) is 1. The van der Waals surface area contributed by atoms with Gasteiger partial charge >= 0.3 is 0 Å². The summed E-state index contributed by atoms with van der Waals surface area (Å²) >= 11 is 0. The van der Waals surface area contributed by atoms with E-state index in [1.165, 1.54) is 0 Å². The van der Waals surface area contributed by atoms with Gasteiger partial charge in [-0.15, -0.1) is 0 Å². The highest BCUT2D eigenvalue weighted by atomic mass is 16.5. The van der Waals surface area contributed by atoms with Crippen LogP contribution in [0.25, 0.3) is 0 Å². The van der Waals surface area contributed by atoms with E-state index >= 15 is 0 Å². The van der Waals surface area contributed by atoms with Crippen molar-refractivity contribution in [2.24, 2.45) is 5.92 Å². The maximum Gasteiger partial charge on any atom is 0.228 e. The number of nitrogens with one attached hydrogen (secondary N) is 2. The third-order valence-corrected chi connectivity index (χ3v) is 3.49. The van der Waals surface area contributed by atoms with Crippen molar-refractivity contribution in [1.82, 2.24) is 4.98 Å². The second-order valence-electron chi connectivity index (χ2n) is 6.36. The third kappa shape index (κ3) is 4.79. The van der Waals surface area contributed by atoms with E-state index in [9.17, 15) is 4.79 Å². The molecule has 6 heteroatoms. The molecule has 0 unspecified atom stereocenters. The van der Waals surface area contributed by atoms with Crippen LogP contribution in [0.15, 0.2) is 36.5 Å². The molecule has 6 nitrogen and oxygen atoms in total. The summed E-state index contributed by atoms with van der Waals surface area (Å²) in [6.45, 7) is 7.49. The minimum absolute atomic E-state index is 0. The number of benzene rings is 1. The van der Waals surface area contributed by atoms with Crippen LogP contribution < -0.4 is 15.8 Å². The number of rotatable bonds is 6. The van der Waals surface area contributed by atoms with E-state index in [2.05, 4.69) is 10.3 Å². The van der Waals surface area contributed by atoms with E-state index in [-0.39, 0.29) is 26.5 Å². The summed E-state index contributed by atoms with van der Waals surface area (Å²) in [5.74, 6) is 0.800. The van der Waals surface area contributed by atoms with Crippen molar-refractivity contribution in [1.29, 1.82) is 5.41 Å². The predicted molar refractivity (Wildman–Crippen MR) is 104 cm³/mol. The Morgan fingerprint density at radius 3 is 2.60 bits per heavy atom. The van der Waals surface area contributed by atoms with Crippen LogP contribution >= 0.6 is 0 Å². The molecule has 0 saturated heterocycles. The third-order valence-electron chi connectivity index (χ3n) is 3.49. The van der Waals surface area contributed by atoms with E-state index in [1.54, 1.807) is 36.5 Å². The molecule has 1 heterocycles. The van der Waals surface area contributed by atoms with Crippen LogP contribution in [0.5, 0.6) is 5.75 Å². The molecule has 2 rings (SSSR count). The molecule has 0 spiro atoms. The van der Waals surface area contributed by atoms with Crippen LogP contribution in [0.4, 0.5) is 11.5 Å². The van der Waals surface area contributed by atoms with Gasteiger partial charge in [0.2, 0.25) is 5.91 Å². The normalized spacial score (nSPS) is 10.8. The van der Waals surface area contributed by atoms with Crippen molar-refractivity contribution in [2.75, 3.05) is 11.1 Å². The van der Waals surface area contributed by atoms with Gasteiger partial charge < -0.3 is 15.8 Å². The molecular weight excluding hydrogens is 316 g/mol. The van der Waals surface area contributed by atoms with Gasteiger partial charge in [0.1, 0.15) is 11.6 Å². The molecule has 0 saturated carbocycles. The Hall–Kier alpha value is -2.89. The van der Waals surface area contributed by atoms with Crippen LogP contribution in [0, 0.1) is 11.3 Å². The fraction of sp³-hybridized carbons (Fsp3) is 0.316. The van der Waals surface area contributed by atoms with Crippen molar-refractivity contribution in [2.45, 2.75) is 33.8 Å². The van der Waals surface area contributed by atoms with Gasteiger partial charge in [-0.3, -0.25) is 10.2 Å². The van der Waals surface area contributed by atoms with Crippen LogP contribution in [0.1, 0.15) is 41.7 Å². The van der Waals surface area contributed by atoms with Gasteiger partial charge in [0.25, 0.3) is 0 Å². The number of ether oxygens (including phenoxy) is 1. The molecule has 2 aromatic rings. The highest BCUT2D eigenvalue weighted by Gasteiger charge is 2.13. The van der Waals surface area contributed by atoms with Crippen molar-refractivity contribution >= 4 is 23.1 Å². The second-order valence-corrected chi connectivity index (χ2v) is 6.36. The van der Waals surface area contributed by atoms with Gasteiger partial charge in [-0.25, -0.2) is 4.98 Å². The van der Waals surface area contributed by atoms with Gasteiger partial charge in [-0.1, -0.05) is 13.8 Å². The van der Waals surface area contributed by atoms with E-state index in [1.807, 2.05) is 27.7 Å². The van der Waals surface area contributed by atoms with Gasteiger partial charge in [0, 0.05) is 31.8 Å². The molecular formula is C19H28N4O2. The molecule has 1 amide bonds. The summed E-state index contributed by atoms with van der Waals surface area (Å²) in [6.07, 6.45) is 1.59. The average molecular weight is 344 g/mol. The van der Waals surface area contributed by atoms with Crippen LogP contribution in [0.2, 0.25) is 0 Å².